The van der Waals surface area contributed by atoms with Crippen LogP contribution in [-0.4, -0.2) is 66.6 Å². The van der Waals surface area contributed by atoms with Crippen molar-refractivity contribution >= 4 is 31.0 Å². The third kappa shape index (κ3) is 13.7. The number of rotatable bonds is 16. The normalized spacial score (nSPS) is 15.7. The number of hydrogen-bond acceptors (Lipinski definition) is 6. The van der Waals surface area contributed by atoms with Gasteiger partial charge in [-0.15, -0.1) is 0 Å². The number of carbonyl (C=O) groups excluding carboxylic acids is 1. The van der Waals surface area contributed by atoms with Crippen molar-refractivity contribution in [1.82, 2.24) is 0 Å². The van der Waals surface area contributed by atoms with Gasteiger partial charge in [0.05, 0.1) is 6.61 Å². The van der Waals surface area contributed by atoms with Gasteiger partial charge in [-0.1, -0.05) is 25.8 Å². The first-order chi connectivity index (χ1) is 13.3. The quantitative estimate of drug-likeness (QED) is 0.202. The fraction of sp³-hybridized carbons (Fsp3) is 0.850. The molecule has 0 aromatic heterocycles. The van der Waals surface area contributed by atoms with Crippen LogP contribution in [0.25, 0.3) is 0 Å². The Kier molecular flexibility index (Phi) is 13.2. The summed E-state index contributed by atoms with van der Waals surface area (Å²) in [5.74, 6) is -0.512. The van der Waals surface area contributed by atoms with Crippen LogP contribution in [0.2, 0.25) is 51.4 Å². The summed E-state index contributed by atoms with van der Waals surface area (Å²) in [5, 5.41) is 19.7. The summed E-state index contributed by atoms with van der Waals surface area (Å²) in [4.78, 5) is 11.6. The summed E-state index contributed by atoms with van der Waals surface area (Å²) >= 11 is 0. The highest BCUT2D eigenvalue weighted by Gasteiger charge is 2.43. The van der Waals surface area contributed by atoms with Gasteiger partial charge < -0.3 is 23.2 Å². The minimum atomic E-state index is -2.35. The number of aliphatic hydroxyl groups is 2. The molecule has 0 heterocycles. The molecule has 0 spiro atoms. The molecular formula is C20H44O6Si3. The van der Waals surface area contributed by atoms with Gasteiger partial charge in [0, 0.05) is 6.61 Å². The van der Waals surface area contributed by atoms with Crippen LogP contribution in [0, 0.1) is 0 Å². The molecule has 0 fully saturated rings. The second kappa shape index (κ2) is 13.3. The van der Waals surface area contributed by atoms with Crippen LogP contribution in [0.5, 0.6) is 0 Å². The maximum absolute atomic E-state index is 11.6. The maximum Gasteiger partial charge on any atom is 0.317 e. The molecule has 0 rings (SSSR count). The molecule has 0 amide bonds. The predicted octanol–water partition coefficient (Wildman–Crippen LogP) is 4.21. The topological polar surface area (TPSA) is 85.2 Å². The molecule has 0 bridgehead atoms. The number of allylic oxidation sites excluding steroid dienone is 1. The molecule has 172 valence electrons. The molecule has 29 heavy (non-hydrogen) atoms. The molecule has 0 aromatic rings. The lowest BCUT2D eigenvalue weighted by Crippen LogP contribution is -2.54. The molecule has 6 nitrogen and oxygen atoms in total. The van der Waals surface area contributed by atoms with Gasteiger partial charge in [0.25, 0.3) is 0 Å². The second-order valence-electron chi connectivity index (χ2n) is 9.54. The van der Waals surface area contributed by atoms with Gasteiger partial charge in [-0.3, -0.25) is 4.79 Å². The van der Waals surface area contributed by atoms with Gasteiger partial charge in [-0.25, -0.2) is 0 Å². The minimum Gasteiger partial charge on any atom is -0.436 e. The smallest absolute Gasteiger partial charge is 0.317 e. The van der Waals surface area contributed by atoms with E-state index in [9.17, 15) is 15.0 Å². The summed E-state index contributed by atoms with van der Waals surface area (Å²) in [6.45, 7) is 17.5. The third-order valence-corrected chi connectivity index (χ3v) is 14.1. The van der Waals surface area contributed by atoms with E-state index in [1.54, 1.807) is 6.92 Å². The van der Waals surface area contributed by atoms with Crippen LogP contribution >= 0.6 is 0 Å². The van der Waals surface area contributed by atoms with E-state index < -0.39 is 43.2 Å². The molecule has 0 aromatic carbocycles. The highest BCUT2D eigenvalue weighted by atomic mass is 28.5. The number of carbonyl (C=O) groups is 1. The van der Waals surface area contributed by atoms with E-state index in [2.05, 4.69) is 46.2 Å². The van der Waals surface area contributed by atoms with Gasteiger partial charge in [-0.05, 0) is 70.8 Å². The fourth-order valence-electron chi connectivity index (χ4n) is 3.10. The lowest BCUT2D eigenvalue weighted by Gasteiger charge is -2.41. The Hall–Kier alpha value is -0.139. The van der Waals surface area contributed by atoms with Crippen molar-refractivity contribution in [1.29, 1.82) is 0 Å². The lowest BCUT2D eigenvalue weighted by molar-refractivity contribution is -0.130. The van der Waals surface area contributed by atoms with Crippen LogP contribution in [0.15, 0.2) is 12.2 Å². The summed E-state index contributed by atoms with van der Waals surface area (Å²) in [7, 11) is -5.87. The van der Waals surface area contributed by atoms with E-state index in [1.165, 1.54) is 12.2 Å². The number of hydrogen-bond donors (Lipinski definition) is 2. The highest BCUT2D eigenvalue weighted by Crippen LogP contribution is 2.30. The monoisotopic (exact) mass is 464 g/mol. The van der Waals surface area contributed by atoms with Crippen molar-refractivity contribution < 1.29 is 28.0 Å². The molecule has 2 unspecified atom stereocenters. The standard InChI is InChI=1S/C20H44O6Si3/c1-9-11-15-29(25-27(3,4)5,26-28(6,7)8)16-12-14-24-17-19(22)20(23)18(21)13-10-2/h10,13,19-20,22-23H,9,11-12,14-17H2,1-8H3. The fourth-order valence-corrected chi connectivity index (χ4v) is 16.0. The first-order valence-corrected chi connectivity index (χ1v) is 19.8. The van der Waals surface area contributed by atoms with E-state index in [1.807, 2.05) is 0 Å². The predicted molar refractivity (Wildman–Crippen MR) is 126 cm³/mol. The van der Waals surface area contributed by atoms with Crippen LogP contribution in [-0.2, 0) is 17.8 Å². The van der Waals surface area contributed by atoms with E-state index in [0.29, 0.717) is 6.61 Å². The molecule has 9 heteroatoms. The maximum atomic E-state index is 11.6. The summed E-state index contributed by atoms with van der Waals surface area (Å²) in [5.41, 5.74) is 0. The Balaban J connectivity index is 4.85. The molecule has 2 N–H and O–H groups in total. The molecule has 0 aliphatic heterocycles. The zero-order chi connectivity index (χ0) is 22.7. The van der Waals surface area contributed by atoms with E-state index >= 15 is 0 Å². The average molecular weight is 465 g/mol. The number of ether oxygens (including phenoxy) is 1. The molecule has 0 aliphatic carbocycles. The van der Waals surface area contributed by atoms with Gasteiger partial charge in [0.15, 0.2) is 22.4 Å². The number of unbranched alkanes of at least 4 members (excludes halogenated alkanes) is 1. The largest absolute Gasteiger partial charge is 0.436 e. The van der Waals surface area contributed by atoms with E-state index in [-0.39, 0.29) is 6.61 Å². The van der Waals surface area contributed by atoms with Gasteiger partial charge >= 0.3 is 8.56 Å². The molecule has 2 atom stereocenters. The van der Waals surface area contributed by atoms with E-state index in [0.717, 1.165) is 31.4 Å². The SMILES string of the molecule is CC=CC(=O)C(O)C(O)COCCC[Si](CCCC)(O[Si](C)(C)C)O[Si](C)(C)C. The van der Waals surface area contributed by atoms with Crippen molar-refractivity contribution in [3.8, 4) is 0 Å². The Morgan fingerprint density at radius 3 is 1.93 bits per heavy atom. The Bertz CT molecular complexity index is 483. The van der Waals surface area contributed by atoms with E-state index in [4.69, 9.17) is 13.0 Å². The molecule has 0 aliphatic rings. The summed E-state index contributed by atoms with van der Waals surface area (Å²) < 4.78 is 19.0. The van der Waals surface area contributed by atoms with Gasteiger partial charge in [-0.2, -0.15) is 0 Å². The van der Waals surface area contributed by atoms with Crippen molar-refractivity contribution in [2.24, 2.45) is 0 Å². The number of aliphatic hydroxyl groups excluding tert-OH is 2. The number of ketones is 1. The second-order valence-corrected chi connectivity index (χ2v) is 22.4. The van der Waals surface area contributed by atoms with Crippen LogP contribution in [0.3, 0.4) is 0 Å². The average Bonchev–Trinajstić information content (AvgIpc) is 2.56. The van der Waals surface area contributed by atoms with Crippen molar-refractivity contribution in [2.75, 3.05) is 13.2 Å². The Morgan fingerprint density at radius 1 is 0.966 bits per heavy atom. The Labute approximate surface area is 181 Å². The van der Waals surface area contributed by atoms with Crippen LogP contribution in [0.4, 0.5) is 0 Å². The zero-order valence-electron chi connectivity index (χ0n) is 19.8. The van der Waals surface area contributed by atoms with Crippen LogP contribution < -0.4 is 0 Å². The molecular weight excluding hydrogens is 420 g/mol. The third-order valence-electron chi connectivity index (χ3n) is 4.02. The lowest BCUT2D eigenvalue weighted by atomic mass is 10.1. The molecule has 0 saturated carbocycles. The zero-order valence-corrected chi connectivity index (χ0v) is 22.8. The van der Waals surface area contributed by atoms with Crippen LogP contribution in [0.1, 0.15) is 33.1 Å². The first kappa shape index (κ1) is 28.9. The first-order valence-electron chi connectivity index (χ1n) is 10.8. The summed E-state index contributed by atoms with van der Waals surface area (Å²) in [6.07, 6.45) is 3.10. The van der Waals surface area contributed by atoms with Crippen molar-refractivity contribution in [2.45, 2.75) is 96.7 Å². The highest BCUT2D eigenvalue weighted by molar-refractivity contribution is 6.88. The van der Waals surface area contributed by atoms with Crippen molar-refractivity contribution in [3.05, 3.63) is 12.2 Å². The minimum absolute atomic E-state index is 0.0717. The molecule has 0 saturated heterocycles. The van der Waals surface area contributed by atoms with Crippen molar-refractivity contribution in [3.63, 3.8) is 0 Å². The van der Waals surface area contributed by atoms with Gasteiger partial charge in [0.1, 0.15) is 12.2 Å². The molecule has 0 radical (unpaired) electrons. The van der Waals surface area contributed by atoms with Gasteiger partial charge in [0.2, 0.25) is 0 Å². The Morgan fingerprint density at radius 2 is 1.48 bits per heavy atom. The summed E-state index contributed by atoms with van der Waals surface area (Å²) in [6, 6.07) is 1.86.